The Balaban J connectivity index is 3.20. The summed E-state index contributed by atoms with van der Waals surface area (Å²) in [5, 5.41) is 10.6. The topological polar surface area (TPSA) is 63.5 Å². The van der Waals surface area contributed by atoms with Crippen LogP contribution in [0, 0.1) is 21.7 Å². The fourth-order valence-corrected chi connectivity index (χ4v) is 1.96. The maximum Gasteiger partial charge on any atom is 0.308 e. The van der Waals surface area contributed by atoms with E-state index < -0.39 is 33.7 Å². The molecule has 1 atom stereocenters. The molecule has 0 heterocycles. The van der Waals surface area contributed by atoms with Crippen LogP contribution in [0.1, 0.15) is 17.3 Å². The molecule has 0 N–H and O–H groups in total. The monoisotopic (exact) mass is 336 g/mol. The van der Waals surface area contributed by atoms with Crippen molar-refractivity contribution in [1.82, 2.24) is 4.90 Å². The van der Waals surface area contributed by atoms with Gasteiger partial charge >= 0.3 is 5.69 Å². The molecule has 0 bridgehead atoms. The summed E-state index contributed by atoms with van der Waals surface area (Å²) >= 11 is 3.22. The van der Waals surface area contributed by atoms with E-state index in [9.17, 15) is 23.7 Å². The first-order valence-corrected chi connectivity index (χ1v) is 6.18. The van der Waals surface area contributed by atoms with Gasteiger partial charge in [0.1, 0.15) is 5.82 Å². The highest BCUT2D eigenvalue weighted by atomic mass is 79.9. The Bertz CT molecular complexity index is 523. The lowest BCUT2D eigenvalue weighted by atomic mass is 10.1. The predicted molar refractivity (Wildman–Crippen MR) is 68.4 cm³/mol. The fourth-order valence-electron chi connectivity index (χ4n) is 1.53. The van der Waals surface area contributed by atoms with E-state index in [-0.39, 0.29) is 11.4 Å². The summed E-state index contributed by atoms with van der Waals surface area (Å²) in [7, 11) is 1.40. The lowest BCUT2D eigenvalue weighted by molar-refractivity contribution is -0.387. The Morgan fingerprint density at radius 3 is 2.58 bits per heavy atom. The molecule has 0 aromatic heterocycles. The van der Waals surface area contributed by atoms with Gasteiger partial charge in [0, 0.05) is 18.4 Å². The third-order valence-corrected chi connectivity index (χ3v) is 2.61. The van der Waals surface area contributed by atoms with Crippen LogP contribution in [-0.2, 0) is 0 Å². The van der Waals surface area contributed by atoms with Gasteiger partial charge in [0.25, 0.3) is 5.91 Å². The molecule has 0 radical (unpaired) electrons. The van der Waals surface area contributed by atoms with Crippen LogP contribution in [0.3, 0.4) is 0 Å². The van der Waals surface area contributed by atoms with Crippen LogP contribution >= 0.6 is 15.9 Å². The van der Waals surface area contributed by atoms with Crippen molar-refractivity contribution in [1.29, 1.82) is 0 Å². The summed E-state index contributed by atoms with van der Waals surface area (Å²) in [6.45, 7) is 2.02. The first-order valence-electron chi connectivity index (χ1n) is 5.27. The van der Waals surface area contributed by atoms with Gasteiger partial charge in [0.05, 0.1) is 16.6 Å². The van der Waals surface area contributed by atoms with Gasteiger partial charge in [0.2, 0.25) is 5.82 Å². The minimum Gasteiger partial charge on any atom is -0.341 e. The SMILES string of the molecule is CC(Br)CN(C)C(=O)c1cc(F)cc([N+](=O)[O-])c1F. The summed E-state index contributed by atoms with van der Waals surface area (Å²) in [6, 6.07) is 1.10. The molecule has 1 aromatic rings. The molecule has 1 unspecified atom stereocenters. The van der Waals surface area contributed by atoms with Crippen LogP contribution in [0.25, 0.3) is 0 Å². The molecule has 0 saturated carbocycles. The molecule has 0 fully saturated rings. The molecule has 19 heavy (non-hydrogen) atoms. The predicted octanol–water partition coefficient (Wildman–Crippen LogP) is 2.73. The average molecular weight is 337 g/mol. The summed E-state index contributed by atoms with van der Waals surface area (Å²) in [6.07, 6.45) is 0. The maximum atomic E-state index is 13.8. The normalized spacial score (nSPS) is 12.1. The number of benzene rings is 1. The Labute approximate surface area is 116 Å². The van der Waals surface area contributed by atoms with E-state index in [0.717, 1.165) is 4.90 Å². The number of carbonyl (C=O) groups is 1. The Kier molecular flexibility index (Phi) is 4.93. The zero-order chi connectivity index (χ0) is 14.7. The molecule has 5 nitrogen and oxygen atoms in total. The van der Waals surface area contributed by atoms with Gasteiger partial charge in [-0.15, -0.1) is 0 Å². The highest BCUT2D eigenvalue weighted by Crippen LogP contribution is 2.23. The number of nitrogens with zero attached hydrogens (tertiary/aromatic N) is 2. The summed E-state index contributed by atoms with van der Waals surface area (Å²) in [5.74, 6) is -3.17. The average Bonchev–Trinajstić information content (AvgIpc) is 2.29. The molecule has 0 saturated heterocycles. The second-order valence-corrected chi connectivity index (χ2v) is 5.57. The first kappa shape index (κ1) is 15.5. The van der Waals surface area contributed by atoms with Gasteiger partial charge < -0.3 is 4.90 Å². The number of halogens is 3. The van der Waals surface area contributed by atoms with Crippen molar-refractivity contribution in [3.63, 3.8) is 0 Å². The number of nitro groups is 1. The van der Waals surface area contributed by atoms with Gasteiger partial charge in [-0.1, -0.05) is 22.9 Å². The molecule has 1 rings (SSSR count). The van der Waals surface area contributed by atoms with Gasteiger partial charge in [-0.2, -0.15) is 4.39 Å². The van der Waals surface area contributed by atoms with Crippen LogP contribution in [0.15, 0.2) is 12.1 Å². The number of hydrogen-bond acceptors (Lipinski definition) is 3. The number of rotatable bonds is 4. The second kappa shape index (κ2) is 6.05. The van der Waals surface area contributed by atoms with E-state index in [4.69, 9.17) is 0 Å². The maximum absolute atomic E-state index is 13.8. The second-order valence-electron chi connectivity index (χ2n) is 4.01. The molecule has 1 amide bonds. The smallest absolute Gasteiger partial charge is 0.308 e. The van der Waals surface area contributed by atoms with Gasteiger partial charge in [-0.05, 0) is 6.07 Å². The highest BCUT2D eigenvalue weighted by molar-refractivity contribution is 9.09. The van der Waals surface area contributed by atoms with Crippen molar-refractivity contribution < 1.29 is 18.5 Å². The molecule has 8 heteroatoms. The van der Waals surface area contributed by atoms with E-state index in [1.807, 2.05) is 0 Å². The van der Waals surface area contributed by atoms with Crippen molar-refractivity contribution in [2.24, 2.45) is 0 Å². The number of nitro benzene ring substituents is 1. The number of amides is 1. The molecule has 0 aliphatic heterocycles. The molecular formula is C11H11BrF2N2O3. The van der Waals surface area contributed by atoms with Crippen molar-refractivity contribution >= 4 is 27.5 Å². The Morgan fingerprint density at radius 2 is 2.11 bits per heavy atom. The number of hydrogen-bond donors (Lipinski definition) is 0. The quantitative estimate of drug-likeness (QED) is 0.482. The van der Waals surface area contributed by atoms with Crippen LogP contribution in [0.4, 0.5) is 14.5 Å². The number of carbonyl (C=O) groups excluding carboxylic acids is 1. The summed E-state index contributed by atoms with van der Waals surface area (Å²) in [5.41, 5.74) is -1.70. The van der Waals surface area contributed by atoms with Crippen molar-refractivity contribution in [3.8, 4) is 0 Å². The molecule has 104 valence electrons. The minimum absolute atomic E-state index is 0.0481. The van der Waals surface area contributed by atoms with E-state index in [1.54, 1.807) is 6.92 Å². The molecule has 0 aliphatic carbocycles. The lowest BCUT2D eigenvalue weighted by Gasteiger charge is -2.18. The minimum atomic E-state index is -1.33. The Morgan fingerprint density at radius 1 is 1.53 bits per heavy atom. The van der Waals surface area contributed by atoms with Gasteiger partial charge in [-0.3, -0.25) is 14.9 Å². The molecule has 1 aromatic carbocycles. The number of alkyl halides is 1. The van der Waals surface area contributed by atoms with E-state index >= 15 is 0 Å². The third-order valence-electron chi connectivity index (χ3n) is 2.32. The highest BCUT2D eigenvalue weighted by Gasteiger charge is 2.26. The molecule has 0 spiro atoms. The van der Waals surface area contributed by atoms with Crippen LogP contribution in [0.2, 0.25) is 0 Å². The van der Waals surface area contributed by atoms with E-state index in [2.05, 4.69) is 15.9 Å². The fraction of sp³-hybridized carbons (Fsp3) is 0.364. The zero-order valence-corrected chi connectivity index (χ0v) is 11.8. The zero-order valence-electron chi connectivity index (χ0n) is 10.2. The summed E-state index contributed by atoms with van der Waals surface area (Å²) < 4.78 is 27.0. The Hall–Kier alpha value is -1.57. The van der Waals surface area contributed by atoms with Crippen molar-refractivity contribution in [3.05, 3.63) is 39.4 Å². The van der Waals surface area contributed by atoms with E-state index in [0.29, 0.717) is 12.1 Å². The first-order chi connectivity index (χ1) is 8.73. The van der Waals surface area contributed by atoms with Crippen molar-refractivity contribution in [2.75, 3.05) is 13.6 Å². The summed E-state index contributed by atoms with van der Waals surface area (Å²) in [4.78, 5) is 22.5. The molecule has 0 aliphatic rings. The molecular weight excluding hydrogens is 326 g/mol. The van der Waals surface area contributed by atoms with Gasteiger partial charge in [0.15, 0.2) is 0 Å². The van der Waals surface area contributed by atoms with E-state index in [1.165, 1.54) is 7.05 Å². The lowest BCUT2D eigenvalue weighted by Crippen LogP contribution is -2.32. The van der Waals surface area contributed by atoms with Gasteiger partial charge in [-0.25, -0.2) is 4.39 Å². The third kappa shape index (κ3) is 3.69. The largest absolute Gasteiger partial charge is 0.341 e. The standard InChI is InChI=1S/C11H11BrF2N2O3/c1-6(12)5-15(2)11(17)8-3-7(13)4-9(10(8)14)16(18)19/h3-4,6H,5H2,1-2H3. The van der Waals surface area contributed by atoms with Crippen LogP contribution in [0.5, 0.6) is 0 Å². The van der Waals surface area contributed by atoms with Crippen molar-refractivity contribution in [2.45, 2.75) is 11.8 Å². The van der Waals surface area contributed by atoms with Crippen LogP contribution in [-0.4, -0.2) is 34.2 Å². The van der Waals surface area contributed by atoms with Crippen LogP contribution < -0.4 is 0 Å².